The minimum absolute atomic E-state index is 0.184. The molecule has 1 amide bonds. The number of rotatable bonds is 2. The number of piperazine rings is 1. The maximum atomic E-state index is 13.2. The fraction of sp³-hybridized carbons (Fsp3) is 0.333. The average Bonchev–Trinajstić information content (AvgIpc) is 2.91. The molecular formula is C18H19N5O2S2. The molecule has 2 aromatic heterocycles. The van der Waals surface area contributed by atoms with Crippen molar-refractivity contribution in [1.29, 1.82) is 0 Å². The molecule has 2 aromatic rings. The predicted octanol–water partition coefficient (Wildman–Crippen LogP) is 1.28. The molecule has 2 fully saturated rings. The lowest BCUT2D eigenvalue weighted by molar-refractivity contribution is -0.121. The van der Waals surface area contributed by atoms with E-state index in [1.807, 2.05) is 12.1 Å². The lowest BCUT2D eigenvalue weighted by atomic mass is 10.2. The van der Waals surface area contributed by atoms with E-state index in [2.05, 4.69) is 16.8 Å². The van der Waals surface area contributed by atoms with E-state index >= 15 is 0 Å². The van der Waals surface area contributed by atoms with Crippen LogP contribution in [0, 0.1) is 0 Å². The highest BCUT2D eigenvalue weighted by Gasteiger charge is 2.30. The molecule has 2 saturated heterocycles. The molecule has 0 saturated carbocycles. The molecule has 2 aliphatic rings. The van der Waals surface area contributed by atoms with Gasteiger partial charge in [-0.2, -0.15) is 0 Å². The van der Waals surface area contributed by atoms with Gasteiger partial charge in [-0.1, -0.05) is 30.0 Å². The Labute approximate surface area is 166 Å². The summed E-state index contributed by atoms with van der Waals surface area (Å²) < 4.78 is 2.00. The molecule has 0 aliphatic carbocycles. The normalized spacial score (nSPS) is 20.3. The van der Waals surface area contributed by atoms with Crippen molar-refractivity contribution in [2.24, 2.45) is 0 Å². The van der Waals surface area contributed by atoms with E-state index < -0.39 is 0 Å². The number of hydrogen-bond donors (Lipinski definition) is 0. The minimum atomic E-state index is -0.188. The van der Waals surface area contributed by atoms with Crippen molar-refractivity contribution in [1.82, 2.24) is 19.2 Å². The number of carbonyl (C=O) groups is 1. The van der Waals surface area contributed by atoms with E-state index in [9.17, 15) is 9.59 Å². The van der Waals surface area contributed by atoms with Gasteiger partial charge in [-0.25, -0.2) is 4.98 Å². The van der Waals surface area contributed by atoms with Crippen LogP contribution in [0.15, 0.2) is 34.1 Å². The van der Waals surface area contributed by atoms with Gasteiger partial charge in [-0.15, -0.1) is 0 Å². The number of likely N-dealkylation sites (N-methyl/N-ethyl adjacent to an activating group) is 2. The number of amides is 1. The Bertz CT molecular complexity index is 1020. The van der Waals surface area contributed by atoms with Crippen molar-refractivity contribution in [3.05, 3.63) is 45.2 Å². The summed E-state index contributed by atoms with van der Waals surface area (Å²) in [7, 11) is 3.72. The van der Waals surface area contributed by atoms with Gasteiger partial charge in [0.05, 0.1) is 10.5 Å². The standard InChI is InChI=1S/C18H19N5O2S2/c1-20-7-9-22(10-8-20)15-12(11-13-17(25)21(2)18(26)27-13)16(24)23-6-4-3-5-14(23)19-15/h3-6,11H,7-10H2,1-2H3. The molecular weight excluding hydrogens is 382 g/mol. The Kier molecular flexibility index (Phi) is 4.75. The van der Waals surface area contributed by atoms with Crippen molar-refractivity contribution in [3.63, 3.8) is 0 Å². The van der Waals surface area contributed by atoms with Crippen LogP contribution in [0.4, 0.5) is 5.82 Å². The van der Waals surface area contributed by atoms with Gasteiger partial charge in [-0.05, 0) is 25.3 Å². The number of thioether (sulfide) groups is 1. The molecule has 0 radical (unpaired) electrons. The van der Waals surface area contributed by atoms with Crippen LogP contribution in [-0.4, -0.2) is 69.7 Å². The van der Waals surface area contributed by atoms with Gasteiger partial charge < -0.3 is 9.80 Å². The smallest absolute Gasteiger partial charge is 0.267 e. The summed E-state index contributed by atoms with van der Waals surface area (Å²) in [5, 5.41) is 0. The molecule has 27 heavy (non-hydrogen) atoms. The van der Waals surface area contributed by atoms with Crippen LogP contribution in [0.1, 0.15) is 5.56 Å². The summed E-state index contributed by atoms with van der Waals surface area (Å²) >= 11 is 6.42. The van der Waals surface area contributed by atoms with Gasteiger partial charge in [0.2, 0.25) is 0 Å². The van der Waals surface area contributed by atoms with Crippen molar-refractivity contribution < 1.29 is 4.79 Å². The maximum Gasteiger partial charge on any atom is 0.267 e. The second-order valence-corrected chi connectivity index (χ2v) is 8.29. The van der Waals surface area contributed by atoms with E-state index in [1.54, 1.807) is 25.4 Å². The van der Waals surface area contributed by atoms with Gasteiger partial charge in [0.15, 0.2) is 0 Å². The Morgan fingerprint density at radius 1 is 1.15 bits per heavy atom. The summed E-state index contributed by atoms with van der Waals surface area (Å²) in [6, 6.07) is 5.47. The second kappa shape index (κ2) is 7.06. The molecule has 2 aliphatic heterocycles. The Morgan fingerprint density at radius 3 is 2.56 bits per heavy atom. The zero-order valence-electron chi connectivity index (χ0n) is 15.1. The topological polar surface area (TPSA) is 61.2 Å². The monoisotopic (exact) mass is 401 g/mol. The van der Waals surface area contributed by atoms with Crippen LogP contribution < -0.4 is 10.5 Å². The third-order valence-electron chi connectivity index (χ3n) is 4.81. The molecule has 7 nitrogen and oxygen atoms in total. The van der Waals surface area contributed by atoms with E-state index in [4.69, 9.17) is 17.2 Å². The van der Waals surface area contributed by atoms with E-state index in [-0.39, 0.29) is 11.5 Å². The van der Waals surface area contributed by atoms with E-state index in [0.717, 1.165) is 26.2 Å². The summed E-state index contributed by atoms with van der Waals surface area (Å²) in [4.78, 5) is 36.6. The fourth-order valence-corrected chi connectivity index (χ4v) is 4.31. The van der Waals surface area contributed by atoms with E-state index in [0.29, 0.717) is 26.3 Å². The summed E-state index contributed by atoms with van der Waals surface area (Å²) in [6.07, 6.45) is 3.34. The highest BCUT2D eigenvalue weighted by atomic mass is 32.2. The first kappa shape index (κ1) is 18.1. The first-order valence-corrected chi connectivity index (χ1v) is 9.84. The van der Waals surface area contributed by atoms with Crippen LogP contribution in [0.25, 0.3) is 11.7 Å². The lowest BCUT2D eigenvalue weighted by Crippen LogP contribution is -2.45. The SMILES string of the molecule is CN1CCN(c2nc3ccccn3c(=O)c2C=C2SC(=S)N(C)C2=O)CC1. The highest BCUT2D eigenvalue weighted by molar-refractivity contribution is 8.26. The van der Waals surface area contributed by atoms with Crippen LogP contribution in [0.5, 0.6) is 0 Å². The zero-order valence-corrected chi connectivity index (χ0v) is 16.7. The second-order valence-electron chi connectivity index (χ2n) is 6.61. The van der Waals surface area contributed by atoms with Crippen molar-refractivity contribution in [2.75, 3.05) is 45.2 Å². The van der Waals surface area contributed by atoms with Crippen molar-refractivity contribution in [2.45, 2.75) is 0 Å². The number of fused-ring (bicyclic) bond motifs is 1. The Hall–Kier alpha value is -2.23. The van der Waals surface area contributed by atoms with Gasteiger partial charge in [0.25, 0.3) is 11.5 Å². The Morgan fingerprint density at radius 2 is 1.89 bits per heavy atom. The molecule has 9 heteroatoms. The van der Waals surface area contributed by atoms with E-state index in [1.165, 1.54) is 21.1 Å². The van der Waals surface area contributed by atoms with Crippen molar-refractivity contribution >= 4 is 51.7 Å². The molecule has 0 unspecified atom stereocenters. The lowest BCUT2D eigenvalue weighted by Gasteiger charge is -2.34. The largest absolute Gasteiger partial charge is 0.353 e. The van der Waals surface area contributed by atoms with Crippen LogP contribution in [-0.2, 0) is 4.79 Å². The molecule has 0 aromatic carbocycles. The first-order valence-electron chi connectivity index (χ1n) is 8.62. The third kappa shape index (κ3) is 3.26. The van der Waals surface area contributed by atoms with Crippen LogP contribution in [0.3, 0.4) is 0 Å². The highest BCUT2D eigenvalue weighted by Crippen LogP contribution is 2.32. The maximum absolute atomic E-state index is 13.2. The van der Waals surface area contributed by atoms with Crippen LogP contribution in [0.2, 0.25) is 0 Å². The number of aromatic nitrogens is 2. The van der Waals surface area contributed by atoms with Crippen LogP contribution >= 0.6 is 24.0 Å². The summed E-state index contributed by atoms with van der Waals surface area (Å²) in [5.74, 6) is 0.438. The number of anilines is 1. The molecule has 0 N–H and O–H groups in total. The number of nitrogens with zero attached hydrogens (tertiary/aromatic N) is 5. The number of hydrogen-bond acceptors (Lipinski definition) is 7. The number of thiocarbonyl (C=S) groups is 1. The third-order valence-corrected chi connectivity index (χ3v) is 6.30. The van der Waals surface area contributed by atoms with Gasteiger partial charge in [0.1, 0.15) is 15.8 Å². The first-order chi connectivity index (χ1) is 13.0. The molecule has 140 valence electrons. The van der Waals surface area contributed by atoms with Gasteiger partial charge in [-0.3, -0.25) is 18.9 Å². The average molecular weight is 402 g/mol. The quantitative estimate of drug-likeness (QED) is 0.555. The summed E-state index contributed by atoms with van der Waals surface area (Å²) in [5.41, 5.74) is 0.838. The van der Waals surface area contributed by atoms with Gasteiger partial charge >= 0.3 is 0 Å². The minimum Gasteiger partial charge on any atom is -0.353 e. The molecule has 4 rings (SSSR count). The molecule has 0 spiro atoms. The molecule has 4 heterocycles. The molecule has 0 bridgehead atoms. The number of carbonyl (C=O) groups excluding carboxylic acids is 1. The molecule has 0 atom stereocenters. The number of pyridine rings is 1. The summed E-state index contributed by atoms with van der Waals surface area (Å²) in [6.45, 7) is 3.35. The van der Waals surface area contributed by atoms with Crippen molar-refractivity contribution in [3.8, 4) is 0 Å². The van der Waals surface area contributed by atoms with Gasteiger partial charge in [0, 0.05) is 39.4 Å². The predicted molar refractivity (Wildman–Crippen MR) is 112 cm³/mol. The Balaban J connectivity index is 1.88. The fourth-order valence-electron chi connectivity index (χ4n) is 3.15. The zero-order chi connectivity index (χ0) is 19.1.